The van der Waals surface area contributed by atoms with Crippen LogP contribution in [0.4, 0.5) is 13.2 Å². The minimum absolute atomic E-state index is 0.00974. The molecule has 11 heteroatoms. The Bertz CT molecular complexity index is 737. The van der Waals surface area contributed by atoms with Gasteiger partial charge in [0.1, 0.15) is 0 Å². The van der Waals surface area contributed by atoms with Crippen molar-refractivity contribution in [3.8, 4) is 6.07 Å². The summed E-state index contributed by atoms with van der Waals surface area (Å²) in [5, 5.41) is 12.5. The first kappa shape index (κ1) is 25.6. The topological polar surface area (TPSA) is 109 Å². The zero-order valence-corrected chi connectivity index (χ0v) is 19.7. The second-order valence-corrected chi connectivity index (χ2v) is 10.6. The highest BCUT2D eigenvalue weighted by Gasteiger charge is 2.43. The number of hydrogen-bond acceptors (Lipinski definition) is 7. The van der Waals surface area contributed by atoms with Crippen LogP contribution in [0, 0.1) is 40.9 Å². The summed E-state index contributed by atoms with van der Waals surface area (Å²) in [7, 11) is 0. The van der Waals surface area contributed by atoms with Gasteiger partial charge >= 0.3 is 6.18 Å². The van der Waals surface area contributed by atoms with Gasteiger partial charge in [0.25, 0.3) is 0 Å². The smallest absolute Gasteiger partial charge is 0.369 e. The number of alkyl halides is 3. The Labute approximate surface area is 199 Å². The molecular formula is C23H38F3N7O. The molecule has 1 amide bonds. The second kappa shape index (κ2) is 11.1. The highest BCUT2D eigenvalue weighted by molar-refractivity contribution is 5.77. The van der Waals surface area contributed by atoms with Crippen molar-refractivity contribution in [2.24, 2.45) is 35.3 Å². The Morgan fingerprint density at radius 3 is 2.59 bits per heavy atom. The molecule has 8 nitrogen and oxygen atoms in total. The number of nitriles is 1. The average molecular weight is 486 g/mol. The molecule has 192 valence electrons. The number of rotatable bonds is 5. The maximum Gasteiger partial charge on any atom is 0.393 e. The Balaban J connectivity index is 1.27. The van der Waals surface area contributed by atoms with Crippen LogP contribution in [0.3, 0.4) is 0 Å². The maximum atomic E-state index is 13.0. The number of primary amides is 1. The average Bonchev–Trinajstić information content (AvgIpc) is 3.15. The number of nitrogens with one attached hydrogen (secondary N) is 3. The number of hydrazine groups is 1. The molecule has 0 aromatic rings. The van der Waals surface area contributed by atoms with Crippen LogP contribution in [0.2, 0.25) is 0 Å². The predicted octanol–water partition coefficient (Wildman–Crippen LogP) is 1.02. The van der Waals surface area contributed by atoms with Crippen molar-refractivity contribution in [2.75, 3.05) is 45.8 Å². The summed E-state index contributed by atoms with van der Waals surface area (Å²) < 4.78 is 38.9. The van der Waals surface area contributed by atoms with E-state index in [2.05, 4.69) is 32.0 Å². The van der Waals surface area contributed by atoms with Crippen LogP contribution in [0.5, 0.6) is 0 Å². The van der Waals surface area contributed by atoms with E-state index in [-0.39, 0.29) is 42.9 Å². The summed E-state index contributed by atoms with van der Waals surface area (Å²) in [6, 6.07) is 2.50. The van der Waals surface area contributed by atoms with Gasteiger partial charge in [0.2, 0.25) is 5.91 Å². The molecule has 5 N–H and O–H groups in total. The van der Waals surface area contributed by atoms with Gasteiger partial charge in [0, 0.05) is 51.2 Å². The van der Waals surface area contributed by atoms with Crippen LogP contribution in [-0.2, 0) is 4.79 Å². The Hall–Kier alpha value is -1.45. The highest BCUT2D eigenvalue weighted by atomic mass is 19.4. The van der Waals surface area contributed by atoms with Crippen LogP contribution in [0.25, 0.3) is 0 Å². The third kappa shape index (κ3) is 6.02. The third-order valence-corrected chi connectivity index (χ3v) is 8.48. The fourth-order valence-electron chi connectivity index (χ4n) is 6.48. The summed E-state index contributed by atoms with van der Waals surface area (Å²) in [6.45, 7) is 5.42. The molecule has 3 heterocycles. The number of carbonyl (C=O) groups is 1. The minimum atomic E-state index is -4.11. The van der Waals surface area contributed by atoms with Crippen LogP contribution >= 0.6 is 0 Å². The molecule has 0 bridgehead atoms. The van der Waals surface area contributed by atoms with E-state index in [1.807, 2.05) is 0 Å². The lowest BCUT2D eigenvalue weighted by molar-refractivity contribution is -0.181. The molecule has 0 aromatic heterocycles. The number of carbonyl (C=O) groups excluding carboxylic acids is 1. The van der Waals surface area contributed by atoms with Gasteiger partial charge in [-0.2, -0.15) is 18.4 Å². The van der Waals surface area contributed by atoms with Crippen molar-refractivity contribution in [1.82, 2.24) is 26.0 Å². The van der Waals surface area contributed by atoms with Crippen LogP contribution in [-0.4, -0.2) is 79.9 Å². The van der Waals surface area contributed by atoms with Crippen molar-refractivity contribution in [2.45, 2.75) is 56.9 Å². The largest absolute Gasteiger partial charge is 0.393 e. The maximum absolute atomic E-state index is 13.0. The van der Waals surface area contributed by atoms with Gasteiger partial charge in [-0.25, -0.2) is 0 Å². The molecule has 3 aliphatic heterocycles. The van der Waals surface area contributed by atoms with Crippen molar-refractivity contribution < 1.29 is 18.0 Å². The van der Waals surface area contributed by atoms with Gasteiger partial charge in [-0.1, -0.05) is 0 Å². The van der Waals surface area contributed by atoms with E-state index >= 15 is 0 Å². The lowest BCUT2D eigenvalue weighted by atomic mass is 9.70. The summed E-state index contributed by atoms with van der Waals surface area (Å²) in [5.41, 5.74) is 12.3. The summed E-state index contributed by atoms with van der Waals surface area (Å²) in [5.74, 6) is -1.56. The van der Waals surface area contributed by atoms with Gasteiger partial charge in [0.15, 0.2) is 0 Å². The molecule has 7 atom stereocenters. The monoisotopic (exact) mass is 485 g/mol. The van der Waals surface area contributed by atoms with E-state index < -0.39 is 12.1 Å². The van der Waals surface area contributed by atoms with Gasteiger partial charge in [-0.3, -0.25) is 20.5 Å². The summed E-state index contributed by atoms with van der Waals surface area (Å²) in [4.78, 5) is 16.7. The van der Waals surface area contributed by atoms with E-state index in [0.29, 0.717) is 31.1 Å². The molecule has 0 spiro atoms. The Morgan fingerprint density at radius 2 is 1.91 bits per heavy atom. The molecule has 4 aliphatic rings. The molecule has 7 unspecified atom stereocenters. The molecule has 0 radical (unpaired) electrons. The van der Waals surface area contributed by atoms with Gasteiger partial charge in [0.05, 0.1) is 30.0 Å². The number of piperidine rings is 1. The number of halogens is 3. The van der Waals surface area contributed by atoms with Gasteiger partial charge in [-0.15, -0.1) is 0 Å². The standard InChI is InChI=1S/C23H38F3N7O/c24-23(25,26)18-4-5-20(29-13-18)33-7-1-6-32(8-9-33)14-17-12-30-31-21(17)15-2-3-16(11-27)19(10-15)22(28)34/h15-21,29-31H,1-10,12-14H2,(H2,28,34). The zero-order chi connectivity index (χ0) is 24.3. The minimum Gasteiger partial charge on any atom is -0.369 e. The highest BCUT2D eigenvalue weighted by Crippen LogP contribution is 2.38. The van der Waals surface area contributed by atoms with Gasteiger partial charge in [-0.05, 0) is 51.0 Å². The molecule has 4 fully saturated rings. The Kier molecular flexibility index (Phi) is 8.36. The molecule has 34 heavy (non-hydrogen) atoms. The number of nitrogens with zero attached hydrogens (tertiary/aromatic N) is 3. The van der Waals surface area contributed by atoms with E-state index in [4.69, 9.17) is 5.73 Å². The van der Waals surface area contributed by atoms with Crippen molar-refractivity contribution >= 4 is 5.91 Å². The predicted molar refractivity (Wildman–Crippen MR) is 121 cm³/mol. The molecular weight excluding hydrogens is 447 g/mol. The first-order valence-corrected chi connectivity index (χ1v) is 12.7. The van der Waals surface area contributed by atoms with Crippen LogP contribution < -0.4 is 21.9 Å². The molecule has 0 aromatic carbocycles. The van der Waals surface area contributed by atoms with Crippen molar-refractivity contribution in [3.63, 3.8) is 0 Å². The molecule has 4 rings (SSSR count). The van der Waals surface area contributed by atoms with Crippen LogP contribution in [0.15, 0.2) is 0 Å². The lowest BCUT2D eigenvalue weighted by Gasteiger charge is -2.38. The summed E-state index contributed by atoms with van der Waals surface area (Å²) >= 11 is 0. The van der Waals surface area contributed by atoms with E-state index in [0.717, 1.165) is 52.1 Å². The number of nitrogens with two attached hydrogens (primary N) is 1. The molecule has 1 saturated carbocycles. The Morgan fingerprint density at radius 1 is 1.09 bits per heavy atom. The first-order valence-electron chi connectivity index (χ1n) is 12.7. The summed E-state index contributed by atoms with van der Waals surface area (Å²) in [6.07, 6.45) is -0.0713. The van der Waals surface area contributed by atoms with E-state index in [1.54, 1.807) is 0 Å². The number of hydrogen-bond donors (Lipinski definition) is 4. The second-order valence-electron chi connectivity index (χ2n) is 10.6. The van der Waals surface area contributed by atoms with E-state index in [9.17, 15) is 23.2 Å². The van der Waals surface area contributed by atoms with Crippen LogP contribution in [0.1, 0.15) is 38.5 Å². The first-order chi connectivity index (χ1) is 16.3. The third-order valence-electron chi connectivity index (χ3n) is 8.48. The fourth-order valence-corrected chi connectivity index (χ4v) is 6.48. The zero-order valence-electron chi connectivity index (χ0n) is 19.7. The van der Waals surface area contributed by atoms with Crippen molar-refractivity contribution in [1.29, 1.82) is 5.26 Å². The fraction of sp³-hybridized carbons (Fsp3) is 0.913. The lowest BCUT2D eigenvalue weighted by Crippen LogP contribution is -2.53. The van der Waals surface area contributed by atoms with E-state index in [1.165, 1.54) is 0 Å². The molecule has 1 aliphatic carbocycles. The SMILES string of the molecule is N#CC1CCC(C2NNCC2CN2CCCN(C3CCC(C(F)(F)F)CN3)CC2)CC1C(N)=O. The van der Waals surface area contributed by atoms with Crippen molar-refractivity contribution in [3.05, 3.63) is 0 Å². The van der Waals surface area contributed by atoms with Gasteiger partial charge < -0.3 is 16.0 Å². The normalized spacial score (nSPS) is 38.8. The molecule has 3 saturated heterocycles. The number of amides is 1. The quantitative estimate of drug-likeness (QED) is 0.460.